The number of rotatable bonds is 2. The third-order valence-corrected chi connectivity index (χ3v) is 4.79. The lowest BCUT2D eigenvalue weighted by atomic mass is 9.77. The van der Waals surface area contributed by atoms with Crippen molar-refractivity contribution in [3.8, 4) is 5.75 Å². The molecule has 1 N–H and O–H groups in total. The Bertz CT molecular complexity index is 548. The number of anilines is 2. The average Bonchev–Trinajstić information content (AvgIpc) is 2.48. The van der Waals surface area contributed by atoms with E-state index in [1.54, 1.807) is 7.11 Å². The summed E-state index contributed by atoms with van der Waals surface area (Å²) in [7, 11) is 1.65. The highest BCUT2D eigenvalue weighted by Gasteiger charge is 2.49. The zero-order valence-corrected chi connectivity index (χ0v) is 13.1. The fraction of sp³-hybridized carbons (Fsp3) is 0.588. The molecule has 3 rings (SSSR count). The third-order valence-electron chi connectivity index (χ3n) is 4.79. The van der Waals surface area contributed by atoms with E-state index >= 15 is 0 Å². The monoisotopic (exact) mass is 288 g/mol. The van der Waals surface area contributed by atoms with Gasteiger partial charge in [0.1, 0.15) is 11.3 Å². The first kappa shape index (κ1) is 14.2. The molecule has 0 atom stereocenters. The summed E-state index contributed by atoms with van der Waals surface area (Å²) >= 11 is 0. The number of carbonyl (C=O) groups excluding carboxylic acids is 1. The second-order valence-corrected chi connectivity index (χ2v) is 6.39. The van der Waals surface area contributed by atoms with E-state index in [4.69, 9.17) is 4.74 Å². The Balaban J connectivity index is 2.10. The Morgan fingerprint density at radius 2 is 1.95 bits per heavy atom. The molecule has 0 radical (unpaired) electrons. The number of hydrogen-bond acceptors (Lipinski definition) is 3. The summed E-state index contributed by atoms with van der Waals surface area (Å²) in [4.78, 5) is 15.2. The second-order valence-electron chi connectivity index (χ2n) is 6.39. The van der Waals surface area contributed by atoms with Crippen LogP contribution in [0.5, 0.6) is 5.75 Å². The normalized spacial score (nSPS) is 20.4. The molecule has 4 heteroatoms. The number of nitrogens with one attached hydrogen (secondary N) is 1. The minimum Gasteiger partial charge on any atom is -0.497 e. The van der Waals surface area contributed by atoms with E-state index in [9.17, 15) is 4.79 Å². The quantitative estimate of drug-likeness (QED) is 0.904. The van der Waals surface area contributed by atoms with Crippen LogP contribution in [0.3, 0.4) is 0 Å². The van der Waals surface area contributed by atoms with Gasteiger partial charge in [0, 0.05) is 12.1 Å². The molecule has 1 saturated carbocycles. The molecular weight excluding hydrogens is 264 g/mol. The molecule has 2 aliphatic rings. The van der Waals surface area contributed by atoms with Crippen LogP contribution in [0.1, 0.15) is 46.0 Å². The maximum atomic E-state index is 12.9. The molecule has 1 aromatic rings. The molecule has 1 aliphatic heterocycles. The summed E-state index contributed by atoms with van der Waals surface area (Å²) in [6.07, 6.45) is 5.38. The molecule has 21 heavy (non-hydrogen) atoms. The Labute approximate surface area is 126 Å². The molecule has 1 heterocycles. The van der Waals surface area contributed by atoms with Crippen molar-refractivity contribution in [3.63, 3.8) is 0 Å². The van der Waals surface area contributed by atoms with Gasteiger partial charge in [-0.05, 0) is 38.8 Å². The molecule has 1 spiro atoms. The van der Waals surface area contributed by atoms with Crippen molar-refractivity contribution in [1.29, 1.82) is 0 Å². The Kier molecular flexibility index (Phi) is 3.56. The van der Waals surface area contributed by atoms with Gasteiger partial charge in [-0.25, -0.2) is 0 Å². The first-order chi connectivity index (χ1) is 10.1. The Morgan fingerprint density at radius 1 is 1.24 bits per heavy atom. The van der Waals surface area contributed by atoms with Crippen molar-refractivity contribution < 1.29 is 9.53 Å². The first-order valence-corrected chi connectivity index (χ1v) is 7.87. The topological polar surface area (TPSA) is 41.6 Å². The van der Waals surface area contributed by atoms with Crippen LogP contribution in [-0.4, -0.2) is 24.6 Å². The van der Waals surface area contributed by atoms with Crippen molar-refractivity contribution in [3.05, 3.63) is 18.2 Å². The van der Waals surface area contributed by atoms with Gasteiger partial charge in [-0.2, -0.15) is 0 Å². The summed E-state index contributed by atoms with van der Waals surface area (Å²) in [5.74, 6) is 0.925. The van der Waals surface area contributed by atoms with Gasteiger partial charge >= 0.3 is 0 Å². The Hall–Kier alpha value is -1.71. The lowest BCUT2D eigenvalue weighted by molar-refractivity contribution is -0.123. The van der Waals surface area contributed by atoms with E-state index in [2.05, 4.69) is 30.1 Å². The van der Waals surface area contributed by atoms with Crippen LogP contribution in [-0.2, 0) is 4.79 Å². The number of methoxy groups -OCH3 is 1. The largest absolute Gasteiger partial charge is 0.497 e. The SMILES string of the molecule is COc1ccc2c(c1)NC(=O)C1(CCCCC1)N2C(C)C. The summed E-state index contributed by atoms with van der Waals surface area (Å²) in [6.45, 7) is 4.34. The van der Waals surface area contributed by atoms with Gasteiger partial charge < -0.3 is 15.0 Å². The summed E-state index contributed by atoms with van der Waals surface area (Å²) in [5, 5.41) is 3.12. The van der Waals surface area contributed by atoms with Gasteiger partial charge in [-0.3, -0.25) is 4.79 Å². The van der Waals surface area contributed by atoms with Crippen LogP contribution in [0.15, 0.2) is 18.2 Å². The van der Waals surface area contributed by atoms with Crippen LogP contribution in [0, 0.1) is 0 Å². The van der Waals surface area contributed by atoms with E-state index in [0.29, 0.717) is 6.04 Å². The molecule has 1 aliphatic carbocycles. The van der Waals surface area contributed by atoms with Crippen LogP contribution in [0.2, 0.25) is 0 Å². The lowest BCUT2D eigenvalue weighted by Crippen LogP contribution is -2.63. The van der Waals surface area contributed by atoms with Crippen LogP contribution in [0.4, 0.5) is 11.4 Å². The number of fused-ring (bicyclic) bond motifs is 1. The molecule has 114 valence electrons. The van der Waals surface area contributed by atoms with E-state index in [-0.39, 0.29) is 11.4 Å². The molecular formula is C17H24N2O2. The van der Waals surface area contributed by atoms with Gasteiger partial charge in [-0.15, -0.1) is 0 Å². The van der Waals surface area contributed by atoms with E-state index in [1.807, 2.05) is 12.1 Å². The Morgan fingerprint density at radius 3 is 2.57 bits per heavy atom. The minimum atomic E-state index is -0.367. The molecule has 1 fully saturated rings. The summed E-state index contributed by atoms with van der Waals surface area (Å²) in [5.41, 5.74) is 1.62. The van der Waals surface area contributed by atoms with Crippen LogP contribution < -0.4 is 15.0 Å². The van der Waals surface area contributed by atoms with Gasteiger partial charge in [0.25, 0.3) is 0 Å². The van der Waals surface area contributed by atoms with Crippen LogP contribution in [0.25, 0.3) is 0 Å². The predicted octanol–water partition coefficient (Wildman–Crippen LogP) is 3.57. The standard InChI is InChI=1S/C17H24N2O2/c1-12(2)19-15-8-7-13(21-3)11-14(15)18-16(20)17(19)9-5-4-6-10-17/h7-8,11-12H,4-6,9-10H2,1-3H3,(H,18,20). The maximum Gasteiger partial charge on any atom is 0.250 e. The predicted molar refractivity (Wildman–Crippen MR) is 85.1 cm³/mol. The molecule has 0 aromatic heterocycles. The fourth-order valence-corrected chi connectivity index (χ4v) is 3.91. The summed E-state index contributed by atoms with van der Waals surface area (Å²) in [6, 6.07) is 6.26. The average molecular weight is 288 g/mol. The first-order valence-electron chi connectivity index (χ1n) is 7.87. The molecule has 1 aromatic carbocycles. The van der Waals surface area contributed by atoms with Crippen molar-refractivity contribution in [2.75, 3.05) is 17.3 Å². The van der Waals surface area contributed by atoms with E-state index in [0.717, 1.165) is 42.8 Å². The number of hydrogen-bond donors (Lipinski definition) is 1. The van der Waals surface area contributed by atoms with E-state index in [1.165, 1.54) is 6.42 Å². The number of carbonyl (C=O) groups is 1. The zero-order chi connectivity index (χ0) is 15.0. The van der Waals surface area contributed by atoms with Gasteiger partial charge in [0.05, 0.1) is 18.5 Å². The summed E-state index contributed by atoms with van der Waals surface area (Å²) < 4.78 is 5.28. The van der Waals surface area contributed by atoms with Gasteiger partial charge in [-0.1, -0.05) is 19.3 Å². The highest BCUT2D eigenvalue weighted by Crippen LogP contribution is 2.46. The number of nitrogens with zero attached hydrogens (tertiary/aromatic N) is 1. The number of benzene rings is 1. The van der Waals surface area contributed by atoms with Gasteiger partial charge in [0.2, 0.25) is 5.91 Å². The lowest BCUT2D eigenvalue weighted by Gasteiger charge is -2.51. The smallest absolute Gasteiger partial charge is 0.250 e. The maximum absolute atomic E-state index is 12.9. The van der Waals surface area contributed by atoms with E-state index < -0.39 is 0 Å². The fourth-order valence-electron chi connectivity index (χ4n) is 3.91. The molecule has 0 unspecified atom stereocenters. The number of amides is 1. The number of ether oxygens (including phenoxy) is 1. The van der Waals surface area contributed by atoms with Crippen LogP contribution >= 0.6 is 0 Å². The van der Waals surface area contributed by atoms with Crippen molar-refractivity contribution in [2.45, 2.75) is 57.5 Å². The van der Waals surface area contributed by atoms with Crippen molar-refractivity contribution >= 4 is 17.3 Å². The second kappa shape index (κ2) is 5.24. The van der Waals surface area contributed by atoms with Crippen molar-refractivity contribution in [1.82, 2.24) is 0 Å². The molecule has 1 amide bonds. The molecule has 0 saturated heterocycles. The van der Waals surface area contributed by atoms with Gasteiger partial charge in [0.15, 0.2) is 0 Å². The van der Waals surface area contributed by atoms with Crippen molar-refractivity contribution in [2.24, 2.45) is 0 Å². The molecule has 4 nitrogen and oxygen atoms in total. The zero-order valence-electron chi connectivity index (χ0n) is 13.1. The minimum absolute atomic E-state index is 0.150. The third kappa shape index (κ3) is 2.17. The molecule has 0 bridgehead atoms. The highest BCUT2D eigenvalue weighted by molar-refractivity contribution is 6.07. The highest BCUT2D eigenvalue weighted by atomic mass is 16.5.